The molecule has 0 fully saturated rings. The fraction of sp³-hybridized carbons (Fsp3) is 0.429. The third kappa shape index (κ3) is 3.98. The number of esters is 1. The minimum absolute atomic E-state index is 0.155. The molecule has 0 unspecified atom stereocenters. The first-order chi connectivity index (χ1) is 8.99. The van der Waals surface area contributed by atoms with Gasteiger partial charge in [0.25, 0.3) is 0 Å². The number of benzene rings is 1. The van der Waals surface area contributed by atoms with Gasteiger partial charge < -0.3 is 14.2 Å². The molecule has 0 heterocycles. The van der Waals surface area contributed by atoms with Crippen molar-refractivity contribution >= 4 is 11.8 Å². The molecule has 5 nitrogen and oxygen atoms in total. The minimum Gasteiger partial charge on any atom is -0.496 e. The fourth-order valence-corrected chi connectivity index (χ4v) is 1.62. The Morgan fingerprint density at radius 2 is 1.89 bits per heavy atom. The van der Waals surface area contributed by atoms with Gasteiger partial charge >= 0.3 is 5.97 Å². The van der Waals surface area contributed by atoms with Crippen LogP contribution >= 0.6 is 0 Å². The van der Waals surface area contributed by atoms with Gasteiger partial charge in [-0.15, -0.1) is 0 Å². The monoisotopic (exact) mass is 266 g/mol. The van der Waals surface area contributed by atoms with E-state index in [0.717, 1.165) is 5.56 Å². The second kappa shape index (κ2) is 6.78. The normalized spacial score (nSPS) is 9.89. The number of carbonyl (C=O) groups is 2. The van der Waals surface area contributed by atoms with Gasteiger partial charge in [0, 0.05) is 0 Å². The molecule has 1 rings (SSSR count). The van der Waals surface area contributed by atoms with Crippen LogP contribution in [0.1, 0.15) is 29.8 Å². The number of rotatable bonds is 6. The molecule has 0 saturated heterocycles. The summed E-state index contributed by atoms with van der Waals surface area (Å²) in [7, 11) is 1.53. The van der Waals surface area contributed by atoms with Crippen LogP contribution < -0.4 is 9.47 Å². The van der Waals surface area contributed by atoms with E-state index in [1.54, 1.807) is 19.1 Å². The second-order valence-electron chi connectivity index (χ2n) is 3.97. The van der Waals surface area contributed by atoms with Crippen LogP contribution in [0.4, 0.5) is 0 Å². The van der Waals surface area contributed by atoms with Crippen molar-refractivity contribution in [2.45, 2.75) is 20.8 Å². The zero-order valence-electron chi connectivity index (χ0n) is 11.6. The zero-order chi connectivity index (χ0) is 14.4. The van der Waals surface area contributed by atoms with E-state index in [4.69, 9.17) is 14.2 Å². The van der Waals surface area contributed by atoms with E-state index in [0.29, 0.717) is 23.7 Å². The number of aryl methyl sites for hydroxylation is 1. The molecule has 0 saturated carbocycles. The van der Waals surface area contributed by atoms with Gasteiger partial charge in [-0.25, -0.2) is 4.79 Å². The van der Waals surface area contributed by atoms with Crippen molar-refractivity contribution < 1.29 is 23.8 Å². The Kier molecular flexibility index (Phi) is 5.36. The van der Waals surface area contributed by atoms with Crippen molar-refractivity contribution in [3.05, 3.63) is 23.3 Å². The Morgan fingerprint density at radius 1 is 1.21 bits per heavy atom. The molecular weight excluding hydrogens is 248 g/mol. The standard InChI is InChI=1S/C14H18O5/c1-5-18-14(16)8-19-13-6-9(2)12(17-4)7-11(13)10(3)15/h6-7H,5,8H2,1-4H3. The number of hydrogen-bond acceptors (Lipinski definition) is 5. The SMILES string of the molecule is CCOC(=O)COc1cc(C)c(OC)cc1C(C)=O. The summed E-state index contributed by atoms with van der Waals surface area (Å²) in [6.45, 7) is 5.06. The summed E-state index contributed by atoms with van der Waals surface area (Å²) in [6, 6.07) is 3.28. The molecule has 1 aromatic rings. The molecule has 0 radical (unpaired) electrons. The van der Waals surface area contributed by atoms with Gasteiger partial charge in [-0.05, 0) is 38.5 Å². The second-order valence-corrected chi connectivity index (χ2v) is 3.97. The summed E-state index contributed by atoms with van der Waals surface area (Å²) in [5.74, 6) is 0.343. The number of carbonyl (C=O) groups excluding carboxylic acids is 2. The fourth-order valence-electron chi connectivity index (χ4n) is 1.62. The average molecular weight is 266 g/mol. The van der Waals surface area contributed by atoms with E-state index >= 15 is 0 Å². The molecule has 19 heavy (non-hydrogen) atoms. The van der Waals surface area contributed by atoms with E-state index in [1.807, 2.05) is 6.92 Å². The molecule has 0 aliphatic carbocycles. The summed E-state index contributed by atoms with van der Waals surface area (Å²) in [6.07, 6.45) is 0. The number of ether oxygens (including phenoxy) is 3. The van der Waals surface area contributed by atoms with Crippen molar-refractivity contribution in [1.29, 1.82) is 0 Å². The van der Waals surface area contributed by atoms with Gasteiger partial charge in [-0.2, -0.15) is 0 Å². The molecule has 0 aromatic heterocycles. The Bertz CT molecular complexity index is 479. The highest BCUT2D eigenvalue weighted by Gasteiger charge is 2.14. The highest BCUT2D eigenvalue weighted by Crippen LogP contribution is 2.28. The highest BCUT2D eigenvalue weighted by molar-refractivity contribution is 5.97. The Hall–Kier alpha value is -2.04. The average Bonchev–Trinajstić information content (AvgIpc) is 2.36. The molecule has 104 valence electrons. The van der Waals surface area contributed by atoms with Gasteiger partial charge in [0.1, 0.15) is 11.5 Å². The first-order valence-corrected chi connectivity index (χ1v) is 5.97. The zero-order valence-corrected chi connectivity index (χ0v) is 11.6. The van der Waals surface area contributed by atoms with Crippen molar-refractivity contribution in [3.63, 3.8) is 0 Å². The van der Waals surface area contributed by atoms with Gasteiger partial charge in [0.2, 0.25) is 0 Å². The van der Waals surface area contributed by atoms with Crippen molar-refractivity contribution in [1.82, 2.24) is 0 Å². The predicted octanol–water partition coefficient (Wildman–Crippen LogP) is 2.15. The largest absolute Gasteiger partial charge is 0.496 e. The molecule has 0 amide bonds. The van der Waals surface area contributed by atoms with Crippen LogP contribution in [-0.4, -0.2) is 32.1 Å². The van der Waals surface area contributed by atoms with E-state index in [2.05, 4.69) is 0 Å². The Balaban J connectivity index is 2.95. The number of ketones is 1. The number of methoxy groups -OCH3 is 1. The lowest BCUT2D eigenvalue weighted by Crippen LogP contribution is -2.15. The molecule has 0 bridgehead atoms. The maximum Gasteiger partial charge on any atom is 0.344 e. The van der Waals surface area contributed by atoms with E-state index in [-0.39, 0.29) is 12.4 Å². The predicted molar refractivity (Wildman–Crippen MR) is 69.9 cm³/mol. The van der Waals surface area contributed by atoms with Crippen LogP contribution in [0.15, 0.2) is 12.1 Å². The lowest BCUT2D eigenvalue weighted by Gasteiger charge is -2.13. The maximum atomic E-state index is 11.6. The molecule has 0 N–H and O–H groups in total. The Morgan fingerprint density at radius 3 is 2.42 bits per heavy atom. The topological polar surface area (TPSA) is 61.8 Å². The van der Waals surface area contributed by atoms with Gasteiger partial charge in [-0.1, -0.05) is 0 Å². The Labute approximate surface area is 112 Å². The van der Waals surface area contributed by atoms with Crippen molar-refractivity contribution in [3.8, 4) is 11.5 Å². The molecule has 1 aromatic carbocycles. The quantitative estimate of drug-likeness (QED) is 0.583. The first-order valence-electron chi connectivity index (χ1n) is 5.97. The van der Waals surface area contributed by atoms with E-state index in [1.165, 1.54) is 14.0 Å². The van der Waals surface area contributed by atoms with E-state index in [9.17, 15) is 9.59 Å². The van der Waals surface area contributed by atoms with Crippen molar-refractivity contribution in [2.24, 2.45) is 0 Å². The van der Waals surface area contributed by atoms with Gasteiger partial charge in [0.15, 0.2) is 12.4 Å². The summed E-state index contributed by atoms with van der Waals surface area (Å²) in [5, 5.41) is 0. The maximum absolute atomic E-state index is 11.6. The van der Waals surface area contributed by atoms with Crippen LogP contribution in [0.25, 0.3) is 0 Å². The molecule has 5 heteroatoms. The van der Waals surface area contributed by atoms with Crippen molar-refractivity contribution in [2.75, 3.05) is 20.3 Å². The smallest absolute Gasteiger partial charge is 0.344 e. The summed E-state index contributed by atoms with van der Waals surface area (Å²) in [4.78, 5) is 22.8. The minimum atomic E-state index is -0.467. The van der Waals surface area contributed by atoms with Crippen LogP contribution in [0.2, 0.25) is 0 Å². The molecule has 0 aliphatic rings. The van der Waals surface area contributed by atoms with Gasteiger partial charge in [-0.3, -0.25) is 4.79 Å². The highest BCUT2D eigenvalue weighted by atomic mass is 16.6. The van der Waals surface area contributed by atoms with Crippen LogP contribution in [0, 0.1) is 6.92 Å². The number of hydrogen-bond donors (Lipinski definition) is 0. The molecule has 0 spiro atoms. The van der Waals surface area contributed by atoms with Crippen LogP contribution in [-0.2, 0) is 9.53 Å². The third-order valence-corrected chi connectivity index (χ3v) is 2.53. The van der Waals surface area contributed by atoms with E-state index < -0.39 is 5.97 Å². The molecular formula is C14H18O5. The number of Topliss-reactive ketones (excluding diaryl/α,β-unsaturated/α-hetero) is 1. The summed E-state index contributed by atoms with van der Waals surface area (Å²) in [5.41, 5.74) is 1.21. The van der Waals surface area contributed by atoms with Gasteiger partial charge in [0.05, 0.1) is 19.3 Å². The molecule has 0 aliphatic heterocycles. The molecule has 0 atom stereocenters. The lowest BCUT2D eigenvalue weighted by atomic mass is 10.1. The summed E-state index contributed by atoms with van der Waals surface area (Å²) >= 11 is 0. The summed E-state index contributed by atoms with van der Waals surface area (Å²) < 4.78 is 15.3. The van der Waals surface area contributed by atoms with Crippen LogP contribution in [0.5, 0.6) is 11.5 Å². The van der Waals surface area contributed by atoms with Crippen LogP contribution in [0.3, 0.4) is 0 Å². The first kappa shape index (κ1) is 15.0. The lowest BCUT2D eigenvalue weighted by molar-refractivity contribution is -0.145. The third-order valence-electron chi connectivity index (χ3n) is 2.53.